The first-order valence-corrected chi connectivity index (χ1v) is 10.4. The SMILES string of the molecule is C[C@@H](NCCc1cccs1)C(=O)Nc1cncc(-c2c[nH]c3ncc(Cl)cc23)n1. The third kappa shape index (κ3) is 4.61. The number of hydrogen-bond acceptors (Lipinski definition) is 6. The van der Waals surface area contributed by atoms with Gasteiger partial charge in [0.2, 0.25) is 5.91 Å². The molecule has 0 aliphatic rings. The van der Waals surface area contributed by atoms with Gasteiger partial charge in [-0.2, -0.15) is 0 Å². The van der Waals surface area contributed by atoms with Crippen molar-refractivity contribution < 1.29 is 4.79 Å². The summed E-state index contributed by atoms with van der Waals surface area (Å²) in [6.45, 7) is 2.55. The summed E-state index contributed by atoms with van der Waals surface area (Å²) in [5.41, 5.74) is 2.15. The lowest BCUT2D eigenvalue weighted by molar-refractivity contribution is -0.117. The lowest BCUT2D eigenvalue weighted by Gasteiger charge is -2.13. The summed E-state index contributed by atoms with van der Waals surface area (Å²) in [6, 6.07) is 5.59. The molecular weight excluding hydrogens is 408 g/mol. The molecule has 0 aliphatic carbocycles. The molecule has 0 spiro atoms. The number of carbonyl (C=O) groups is 1. The number of pyridine rings is 1. The van der Waals surface area contributed by atoms with Crippen LogP contribution in [-0.4, -0.2) is 38.4 Å². The molecule has 0 unspecified atom stereocenters. The van der Waals surface area contributed by atoms with Crippen LogP contribution in [0.3, 0.4) is 0 Å². The number of anilines is 1. The fraction of sp³-hybridized carbons (Fsp3) is 0.200. The number of hydrogen-bond donors (Lipinski definition) is 3. The van der Waals surface area contributed by atoms with Crippen LogP contribution >= 0.6 is 22.9 Å². The van der Waals surface area contributed by atoms with Gasteiger partial charge in [-0.25, -0.2) is 9.97 Å². The molecule has 7 nitrogen and oxygen atoms in total. The largest absolute Gasteiger partial charge is 0.345 e. The number of fused-ring (bicyclic) bond motifs is 1. The van der Waals surface area contributed by atoms with E-state index in [0.717, 1.165) is 23.9 Å². The van der Waals surface area contributed by atoms with Crippen molar-refractivity contribution in [3.8, 4) is 11.3 Å². The van der Waals surface area contributed by atoms with Gasteiger partial charge in [0.15, 0.2) is 5.82 Å². The predicted molar refractivity (Wildman–Crippen MR) is 116 cm³/mol. The molecule has 1 amide bonds. The molecule has 4 aromatic heterocycles. The smallest absolute Gasteiger partial charge is 0.242 e. The highest BCUT2D eigenvalue weighted by molar-refractivity contribution is 7.09. The molecule has 0 bridgehead atoms. The van der Waals surface area contributed by atoms with Crippen molar-refractivity contribution in [1.29, 1.82) is 0 Å². The van der Waals surface area contributed by atoms with Gasteiger partial charge in [0, 0.05) is 34.8 Å². The number of nitrogens with zero attached hydrogens (tertiary/aromatic N) is 3. The van der Waals surface area contributed by atoms with Gasteiger partial charge in [-0.15, -0.1) is 11.3 Å². The Morgan fingerprint density at radius 2 is 2.24 bits per heavy atom. The zero-order chi connectivity index (χ0) is 20.2. The van der Waals surface area contributed by atoms with Crippen molar-refractivity contribution in [1.82, 2.24) is 25.3 Å². The Balaban J connectivity index is 1.43. The number of halogens is 1. The van der Waals surface area contributed by atoms with Crippen molar-refractivity contribution in [2.75, 3.05) is 11.9 Å². The molecular formula is C20H19ClN6OS. The Hall–Kier alpha value is -2.81. The van der Waals surface area contributed by atoms with E-state index in [1.807, 2.05) is 19.1 Å². The number of aromatic amines is 1. The quantitative estimate of drug-likeness (QED) is 0.416. The summed E-state index contributed by atoms with van der Waals surface area (Å²) in [7, 11) is 0. The summed E-state index contributed by atoms with van der Waals surface area (Å²) in [5.74, 6) is 0.231. The predicted octanol–water partition coefficient (Wildman–Crippen LogP) is 3.89. The van der Waals surface area contributed by atoms with Crippen LogP contribution in [0.4, 0.5) is 5.82 Å². The standard InChI is InChI=1S/C20H19ClN6OS/c1-12(23-5-4-14-3-2-6-29-14)20(28)27-18-11-22-10-17(26-18)16-9-25-19-15(16)7-13(21)8-24-19/h2-3,6-12,23H,4-5H2,1H3,(H,24,25)(H,26,27,28)/t12-/m1/s1. The monoisotopic (exact) mass is 426 g/mol. The minimum absolute atomic E-state index is 0.161. The molecule has 0 fully saturated rings. The second kappa shape index (κ2) is 8.69. The van der Waals surface area contributed by atoms with Crippen LogP contribution in [0.25, 0.3) is 22.3 Å². The number of carbonyl (C=O) groups excluding carboxylic acids is 1. The third-order valence-corrected chi connectivity index (χ3v) is 5.60. The molecule has 4 rings (SSSR count). The van der Waals surface area contributed by atoms with Gasteiger partial charge >= 0.3 is 0 Å². The second-order valence-corrected chi connectivity index (χ2v) is 8.00. The fourth-order valence-electron chi connectivity index (χ4n) is 2.94. The van der Waals surface area contributed by atoms with E-state index in [-0.39, 0.29) is 11.9 Å². The molecule has 0 aromatic carbocycles. The first-order valence-electron chi connectivity index (χ1n) is 9.12. The van der Waals surface area contributed by atoms with E-state index in [9.17, 15) is 4.79 Å². The maximum atomic E-state index is 12.5. The summed E-state index contributed by atoms with van der Waals surface area (Å²) in [6.07, 6.45) is 7.45. The first kappa shape index (κ1) is 19.5. The molecule has 148 valence electrons. The normalized spacial score (nSPS) is 12.2. The van der Waals surface area contributed by atoms with Crippen molar-refractivity contribution >= 4 is 45.7 Å². The maximum absolute atomic E-state index is 12.5. The summed E-state index contributed by atoms with van der Waals surface area (Å²) < 4.78 is 0. The number of thiophene rings is 1. The number of H-pyrrole nitrogens is 1. The fourth-order valence-corrected chi connectivity index (χ4v) is 3.81. The average Bonchev–Trinajstić information content (AvgIpc) is 3.37. The van der Waals surface area contributed by atoms with Crippen molar-refractivity contribution in [3.05, 3.63) is 58.3 Å². The van der Waals surface area contributed by atoms with E-state index < -0.39 is 0 Å². The first-order chi connectivity index (χ1) is 14.1. The number of rotatable bonds is 7. The summed E-state index contributed by atoms with van der Waals surface area (Å²) >= 11 is 7.78. The van der Waals surface area contributed by atoms with Crippen LogP contribution < -0.4 is 10.6 Å². The van der Waals surface area contributed by atoms with Crippen LogP contribution in [0, 0.1) is 0 Å². The highest BCUT2D eigenvalue weighted by atomic mass is 35.5. The van der Waals surface area contributed by atoms with Crippen LogP contribution in [-0.2, 0) is 11.2 Å². The van der Waals surface area contributed by atoms with Crippen LogP contribution in [0.1, 0.15) is 11.8 Å². The third-order valence-electron chi connectivity index (χ3n) is 4.45. The molecule has 3 N–H and O–H groups in total. The second-order valence-electron chi connectivity index (χ2n) is 6.54. The minimum atomic E-state index is -0.350. The van der Waals surface area contributed by atoms with Crippen molar-refractivity contribution in [3.63, 3.8) is 0 Å². The zero-order valence-corrected chi connectivity index (χ0v) is 17.2. The Morgan fingerprint density at radius 1 is 1.34 bits per heavy atom. The van der Waals surface area contributed by atoms with E-state index in [0.29, 0.717) is 22.2 Å². The van der Waals surface area contributed by atoms with E-state index in [2.05, 4.69) is 42.0 Å². The molecule has 0 aliphatic heterocycles. The Morgan fingerprint density at radius 3 is 3.07 bits per heavy atom. The van der Waals surface area contributed by atoms with E-state index >= 15 is 0 Å². The van der Waals surface area contributed by atoms with E-state index in [4.69, 9.17) is 11.6 Å². The van der Waals surface area contributed by atoms with Gasteiger partial charge < -0.3 is 15.6 Å². The van der Waals surface area contributed by atoms with Crippen LogP contribution in [0.5, 0.6) is 0 Å². The number of nitrogens with one attached hydrogen (secondary N) is 3. The zero-order valence-electron chi connectivity index (χ0n) is 15.6. The molecule has 0 saturated carbocycles. The van der Waals surface area contributed by atoms with Gasteiger partial charge in [-0.1, -0.05) is 17.7 Å². The Bertz CT molecular complexity index is 1130. The lowest BCUT2D eigenvalue weighted by atomic mass is 10.2. The van der Waals surface area contributed by atoms with E-state index in [1.165, 1.54) is 11.1 Å². The molecule has 0 radical (unpaired) electrons. The summed E-state index contributed by atoms with van der Waals surface area (Å²) in [4.78, 5) is 29.9. The minimum Gasteiger partial charge on any atom is -0.345 e. The number of amides is 1. The highest BCUT2D eigenvalue weighted by Gasteiger charge is 2.15. The van der Waals surface area contributed by atoms with Crippen LogP contribution in [0.2, 0.25) is 5.02 Å². The van der Waals surface area contributed by atoms with Crippen molar-refractivity contribution in [2.45, 2.75) is 19.4 Å². The molecule has 4 heterocycles. The lowest BCUT2D eigenvalue weighted by Crippen LogP contribution is -2.39. The van der Waals surface area contributed by atoms with Gasteiger partial charge in [-0.3, -0.25) is 9.78 Å². The van der Waals surface area contributed by atoms with Crippen LogP contribution in [0.15, 0.2) is 48.4 Å². The Kier molecular flexibility index (Phi) is 5.84. The number of aromatic nitrogens is 4. The molecule has 1 atom stereocenters. The molecule has 9 heteroatoms. The van der Waals surface area contributed by atoms with Crippen molar-refractivity contribution in [2.24, 2.45) is 0 Å². The summed E-state index contributed by atoms with van der Waals surface area (Å²) in [5, 5.41) is 9.49. The maximum Gasteiger partial charge on any atom is 0.242 e. The molecule has 4 aromatic rings. The topological polar surface area (TPSA) is 95.6 Å². The van der Waals surface area contributed by atoms with E-state index in [1.54, 1.807) is 29.9 Å². The Labute approximate surface area is 176 Å². The van der Waals surface area contributed by atoms with Gasteiger partial charge in [0.05, 0.1) is 29.2 Å². The van der Waals surface area contributed by atoms with Gasteiger partial charge in [-0.05, 0) is 30.9 Å². The molecule has 29 heavy (non-hydrogen) atoms. The van der Waals surface area contributed by atoms with Gasteiger partial charge in [0.1, 0.15) is 5.65 Å². The molecule has 0 saturated heterocycles. The average molecular weight is 427 g/mol. The highest BCUT2D eigenvalue weighted by Crippen LogP contribution is 2.28. The van der Waals surface area contributed by atoms with Gasteiger partial charge in [0.25, 0.3) is 0 Å².